The molecule has 3 N–H and O–H groups in total. The fourth-order valence-corrected chi connectivity index (χ4v) is 2.11. The van der Waals surface area contributed by atoms with Crippen molar-refractivity contribution in [3.05, 3.63) is 71.8 Å². The zero-order chi connectivity index (χ0) is 15.9. The van der Waals surface area contributed by atoms with Crippen molar-refractivity contribution in [1.29, 1.82) is 0 Å². The van der Waals surface area contributed by atoms with Gasteiger partial charge in [0.2, 0.25) is 0 Å². The molecule has 0 aliphatic carbocycles. The molecule has 0 unspecified atom stereocenters. The van der Waals surface area contributed by atoms with Crippen molar-refractivity contribution in [2.75, 3.05) is 6.54 Å². The number of carboxylic acids is 1. The SMILES string of the molecule is O=C(NC[C@@H](C(=O)O)[C@H](O)c1ccccc1)c1ccccc1. The zero-order valence-electron chi connectivity index (χ0n) is 11.8. The summed E-state index contributed by atoms with van der Waals surface area (Å²) in [6.07, 6.45) is -1.19. The van der Waals surface area contributed by atoms with E-state index in [1.54, 1.807) is 60.7 Å². The Bertz CT molecular complexity index is 628. The number of hydrogen-bond acceptors (Lipinski definition) is 3. The number of aliphatic hydroxyl groups excluding tert-OH is 1. The summed E-state index contributed by atoms with van der Waals surface area (Å²) in [4.78, 5) is 23.3. The zero-order valence-corrected chi connectivity index (χ0v) is 11.8. The number of rotatable bonds is 6. The van der Waals surface area contributed by atoms with Crippen LogP contribution in [0.5, 0.6) is 0 Å². The lowest BCUT2D eigenvalue weighted by Crippen LogP contribution is -2.36. The van der Waals surface area contributed by atoms with E-state index in [2.05, 4.69) is 5.32 Å². The van der Waals surface area contributed by atoms with Crippen molar-refractivity contribution >= 4 is 11.9 Å². The number of benzene rings is 2. The average Bonchev–Trinajstić information content (AvgIpc) is 2.56. The fraction of sp³-hybridized carbons (Fsp3) is 0.176. The molecule has 2 aromatic rings. The van der Waals surface area contributed by atoms with Gasteiger partial charge in [0.25, 0.3) is 5.91 Å². The molecule has 0 saturated carbocycles. The lowest BCUT2D eigenvalue weighted by Gasteiger charge is -2.20. The molecular formula is C17H17NO4. The van der Waals surface area contributed by atoms with E-state index in [0.717, 1.165) is 0 Å². The number of carboxylic acid groups (broad SMARTS) is 1. The summed E-state index contributed by atoms with van der Waals surface area (Å²) in [5.41, 5.74) is 0.949. The summed E-state index contributed by atoms with van der Waals surface area (Å²) < 4.78 is 0. The molecule has 114 valence electrons. The minimum absolute atomic E-state index is 0.154. The van der Waals surface area contributed by atoms with Gasteiger partial charge in [0, 0.05) is 12.1 Å². The molecule has 1 amide bonds. The van der Waals surface area contributed by atoms with Crippen LogP contribution >= 0.6 is 0 Å². The summed E-state index contributed by atoms with van der Waals surface area (Å²) in [5.74, 6) is -2.65. The Kier molecular flexibility index (Phi) is 5.27. The van der Waals surface area contributed by atoms with E-state index >= 15 is 0 Å². The van der Waals surface area contributed by atoms with Gasteiger partial charge in [0.1, 0.15) is 5.92 Å². The smallest absolute Gasteiger partial charge is 0.311 e. The molecule has 0 heterocycles. The van der Waals surface area contributed by atoms with Crippen molar-refractivity contribution in [1.82, 2.24) is 5.32 Å². The Balaban J connectivity index is 2.04. The third kappa shape index (κ3) is 3.93. The highest BCUT2D eigenvalue weighted by Crippen LogP contribution is 2.21. The number of aliphatic hydroxyl groups is 1. The van der Waals surface area contributed by atoms with Gasteiger partial charge in [-0.15, -0.1) is 0 Å². The molecular weight excluding hydrogens is 282 g/mol. The van der Waals surface area contributed by atoms with Crippen molar-refractivity contribution in [3.63, 3.8) is 0 Å². The second-order valence-electron chi connectivity index (χ2n) is 4.88. The van der Waals surface area contributed by atoms with Gasteiger partial charge >= 0.3 is 5.97 Å². The standard InChI is InChI=1S/C17H17NO4/c19-15(12-7-3-1-4-8-12)14(17(21)22)11-18-16(20)13-9-5-2-6-10-13/h1-10,14-15,19H,11H2,(H,18,20)(H,21,22)/t14-,15-/m1/s1. The third-order valence-electron chi connectivity index (χ3n) is 3.36. The monoisotopic (exact) mass is 299 g/mol. The van der Waals surface area contributed by atoms with Crippen LogP contribution in [-0.2, 0) is 4.79 Å². The van der Waals surface area contributed by atoms with Crippen LogP contribution in [0.1, 0.15) is 22.0 Å². The molecule has 0 saturated heterocycles. The molecule has 0 spiro atoms. The number of hydrogen-bond donors (Lipinski definition) is 3. The molecule has 2 atom stereocenters. The first-order chi connectivity index (χ1) is 10.6. The molecule has 0 bridgehead atoms. The predicted molar refractivity (Wildman–Crippen MR) is 81.3 cm³/mol. The van der Waals surface area contributed by atoms with Gasteiger partial charge in [0.15, 0.2) is 0 Å². The number of aliphatic carboxylic acids is 1. The highest BCUT2D eigenvalue weighted by Gasteiger charge is 2.28. The van der Waals surface area contributed by atoms with Gasteiger partial charge < -0.3 is 15.5 Å². The fourth-order valence-electron chi connectivity index (χ4n) is 2.11. The highest BCUT2D eigenvalue weighted by molar-refractivity contribution is 5.94. The summed E-state index contributed by atoms with van der Waals surface area (Å²) in [7, 11) is 0. The van der Waals surface area contributed by atoms with Crippen LogP contribution in [0.15, 0.2) is 60.7 Å². The first kappa shape index (κ1) is 15.7. The molecule has 5 nitrogen and oxygen atoms in total. The molecule has 22 heavy (non-hydrogen) atoms. The summed E-state index contributed by atoms with van der Waals surface area (Å²) >= 11 is 0. The topological polar surface area (TPSA) is 86.6 Å². The van der Waals surface area contributed by atoms with Crippen molar-refractivity contribution in [2.24, 2.45) is 5.92 Å². The molecule has 0 radical (unpaired) electrons. The van der Waals surface area contributed by atoms with Crippen molar-refractivity contribution in [2.45, 2.75) is 6.10 Å². The Morgan fingerprint density at radius 1 is 0.955 bits per heavy atom. The Morgan fingerprint density at radius 3 is 2.05 bits per heavy atom. The van der Waals surface area contributed by atoms with Crippen LogP contribution < -0.4 is 5.32 Å². The normalized spacial score (nSPS) is 13.1. The molecule has 0 aromatic heterocycles. The predicted octanol–water partition coefficient (Wildman–Crippen LogP) is 1.85. The molecule has 0 aliphatic rings. The first-order valence-corrected chi connectivity index (χ1v) is 6.88. The van der Waals surface area contributed by atoms with Crippen molar-refractivity contribution in [3.8, 4) is 0 Å². The van der Waals surface area contributed by atoms with E-state index in [4.69, 9.17) is 0 Å². The second-order valence-corrected chi connectivity index (χ2v) is 4.88. The number of carbonyl (C=O) groups excluding carboxylic acids is 1. The minimum Gasteiger partial charge on any atom is -0.481 e. The van der Waals surface area contributed by atoms with E-state index in [1.165, 1.54) is 0 Å². The maximum absolute atomic E-state index is 11.9. The molecule has 2 aromatic carbocycles. The Morgan fingerprint density at radius 2 is 1.50 bits per heavy atom. The van der Waals surface area contributed by atoms with Crippen LogP contribution in [0, 0.1) is 5.92 Å². The lowest BCUT2D eigenvalue weighted by molar-refractivity contribution is -0.145. The van der Waals surface area contributed by atoms with Crippen LogP contribution in [0.3, 0.4) is 0 Å². The van der Waals surface area contributed by atoms with Gasteiger partial charge in [0.05, 0.1) is 6.10 Å². The summed E-state index contributed by atoms with van der Waals surface area (Å²) in [6, 6.07) is 17.0. The van der Waals surface area contributed by atoms with Gasteiger partial charge in [-0.05, 0) is 17.7 Å². The molecule has 5 heteroatoms. The van der Waals surface area contributed by atoms with Crippen molar-refractivity contribution < 1.29 is 19.8 Å². The highest BCUT2D eigenvalue weighted by atomic mass is 16.4. The van der Waals surface area contributed by atoms with E-state index < -0.39 is 18.0 Å². The lowest BCUT2D eigenvalue weighted by atomic mass is 9.95. The van der Waals surface area contributed by atoms with E-state index in [1.807, 2.05) is 0 Å². The minimum atomic E-state index is -1.19. The summed E-state index contributed by atoms with van der Waals surface area (Å²) in [6.45, 7) is -0.154. The number of amides is 1. The second kappa shape index (κ2) is 7.38. The Hall–Kier alpha value is -2.66. The average molecular weight is 299 g/mol. The molecule has 0 fully saturated rings. The molecule has 0 aliphatic heterocycles. The Labute approximate surface area is 128 Å². The third-order valence-corrected chi connectivity index (χ3v) is 3.36. The maximum atomic E-state index is 11.9. The molecule has 2 rings (SSSR count). The largest absolute Gasteiger partial charge is 0.481 e. The quantitative estimate of drug-likeness (QED) is 0.759. The summed E-state index contributed by atoms with van der Waals surface area (Å²) in [5, 5.41) is 22.0. The van der Waals surface area contributed by atoms with E-state index in [9.17, 15) is 19.8 Å². The van der Waals surface area contributed by atoms with Crippen LogP contribution in [0.2, 0.25) is 0 Å². The van der Waals surface area contributed by atoms with E-state index in [-0.39, 0.29) is 12.5 Å². The van der Waals surface area contributed by atoms with Crippen LogP contribution in [-0.4, -0.2) is 28.6 Å². The van der Waals surface area contributed by atoms with Crippen LogP contribution in [0.25, 0.3) is 0 Å². The maximum Gasteiger partial charge on any atom is 0.311 e. The number of nitrogens with one attached hydrogen (secondary N) is 1. The number of carbonyl (C=O) groups is 2. The van der Waals surface area contributed by atoms with Gasteiger partial charge in [-0.25, -0.2) is 0 Å². The van der Waals surface area contributed by atoms with Gasteiger partial charge in [-0.1, -0.05) is 48.5 Å². The first-order valence-electron chi connectivity index (χ1n) is 6.88. The van der Waals surface area contributed by atoms with E-state index in [0.29, 0.717) is 11.1 Å². The van der Waals surface area contributed by atoms with Crippen LogP contribution in [0.4, 0.5) is 0 Å². The van der Waals surface area contributed by atoms with Gasteiger partial charge in [-0.3, -0.25) is 9.59 Å². The van der Waals surface area contributed by atoms with Gasteiger partial charge in [-0.2, -0.15) is 0 Å².